The van der Waals surface area contributed by atoms with E-state index >= 15 is 0 Å². The first-order valence-electron chi connectivity index (χ1n) is 9.48. The summed E-state index contributed by atoms with van der Waals surface area (Å²) >= 11 is 0. The molecule has 1 aliphatic heterocycles. The van der Waals surface area contributed by atoms with Gasteiger partial charge < -0.3 is 10.1 Å². The van der Waals surface area contributed by atoms with Crippen LogP contribution in [0.25, 0.3) is 10.9 Å². The van der Waals surface area contributed by atoms with Gasteiger partial charge in [-0.25, -0.2) is 0 Å². The van der Waals surface area contributed by atoms with E-state index < -0.39 is 0 Å². The molecular formula is C20H27N5O. The Bertz CT molecular complexity index is 897. The first kappa shape index (κ1) is 17.1. The van der Waals surface area contributed by atoms with E-state index in [9.17, 15) is 0 Å². The summed E-state index contributed by atoms with van der Waals surface area (Å²) in [6, 6.07) is 8.58. The van der Waals surface area contributed by atoms with Crippen LogP contribution in [0, 0.1) is 12.8 Å². The fourth-order valence-electron chi connectivity index (χ4n) is 4.03. The zero-order valence-electron chi connectivity index (χ0n) is 15.8. The highest BCUT2D eigenvalue weighted by atomic mass is 16.5. The van der Waals surface area contributed by atoms with E-state index in [-0.39, 0.29) is 6.10 Å². The number of aryl methyl sites for hydroxylation is 3. The first-order valence-corrected chi connectivity index (χ1v) is 9.48. The van der Waals surface area contributed by atoms with E-state index in [1.807, 2.05) is 22.6 Å². The number of fused-ring (bicyclic) bond motifs is 1. The van der Waals surface area contributed by atoms with Gasteiger partial charge in [0.1, 0.15) is 6.10 Å². The zero-order valence-corrected chi connectivity index (χ0v) is 15.8. The molecule has 1 aliphatic rings. The van der Waals surface area contributed by atoms with Crippen LogP contribution in [0.2, 0.25) is 0 Å². The molecule has 1 fully saturated rings. The summed E-state index contributed by atoms with van der Waals surface area (Å²) in [5.74, 6) is 0.440. The molecular weight excluding hydrogens is 326 g/mol. The molecule has 6 nitrogen and oxygen atoms in total. The highest BCUT2D eigenvalue weighted by molar-refractivity contribution is 5.85. The molecule has 4 rings (SSSR count). The van der Waals surface area contributed by atoms with E-state index in [4.69, 9.17) is 4.74 Å². The van der Waals surface area contributed by atoms with Crippen molar-refractivity contribution in [2.75, 3.05) is 18.5 Å². The molecule has 3 aromatic rings. The number of rotatable bonds is 5. The van der Waals surface area contributed by atoms with E-state index in [0.717, 1.165) is 43.0 Å². The minimum Gasteiger partial charge on any atom is -0.385 e. The van der Waals surface area contributed by atoms with Gasteiger partial charge in [-0.1, -0.05) is 0 Å². The average Bonchev–Trinajstić information content (AvgIpc) is 3.25. The third-order valence-electron chi connectivity index (χ3n) is 5.39. The molecule has 0 bridgehead atoms. The number of hydrogen-bond acceptors (Lipinski definition) is 4. The zero-order chi connectivity index (χ0) is 18.1. The van der Waals surface area contributed by atoms with Crippen LogP contribution in [0.15, 0.2) is 30.5 Å². The Morgan fingerprint density at radius 1 is 1.31 bits per heavy atom. The SMILES string of the molecule is CCn1nccc1[C@@H]1OCCC[C@H]1CNc1ccc2c(C)nn(C)c2c1. The van der Waals surface area contributed by atoms with Gasteiger partial charge in [0.2, 0.25) is 0 Å². The maximum Gasteiger partial charge on any atom is 0.104 e. The standard InChI is InChI=1S/C20H27N5O/c1-4-25-18(9-10-22-25)20-15(6-5-11-26-20)13-21-16-7-8-17-14(2)23-24(3)19(17)12-16/h7-10,12,15,20-21H,4-6,11,13H2,1-3H3/t15-,20+/m0/s1. The molecule has 2 aromatic heterocycles. The van der Waals surface area contributed by atoms with Gasteiger partial charge in [0, 0.05) is 49.9 Å². The topological polar surface area (TPSA) is 56.9 Å². The van der Waals surface area contributed by atoms with Crippen LogP contribution in [-0.2, 0) is 18.3 Å². The monoisotopic (exact) mass is 353 g/mol. The molecule has 6 heteroatoms. The number of benzene rings is 1. The Morgan fingerprint density at radius 3 is 3.04 bits per heavy atom. The summed E-state index contributed by atoms with van der Waals surface area (Å²) in [6.07, 6.45) is 4.27. The van der Waals surface area contributed by atoms with Crippen molar-refractivity contribution in [2.45, 2.75) is 39.3 Å². The maximum absolute atomic E-state index is 6.14. The predicted molar refractivity (Wildman–Crippen MR) is 103 cm³/mol. The molecule has 1 N–H and O–H groups in total. The highest BCUT2D eigenvalue weighted by Crippen LogP contribution is 2.34. The fourth-order valence-corrected chi connectivity index (χ4v) is 4.03. The normalized spacial score (nSPS) is 20.6. The lowest BCUT2D eigenvalue weighted by Gasteiger charge is -2.32. The van der Waals surface area contributed by atoms with Crippen LogP contribution in [0.5, 0.6) is 0 Å². The first-order chi connectivity index (χ1) is 12.7. The lowest BCUT2D eigenvalue weighted by Crippen LogP contribution is -2.30. The van der Waals surface area contributed by atoms with Gasteiger partial charge in [-0.2, -0.15) is 10.2 Å². The van der Waals surface area contributed by atoms with Gasteiger partial charge >= 0.3 is 0 Å². The van der Waals surface area contributed by atoms with E-state index in [1.165, 1.54) is 17.5 Å². The fraction of sp³-hybridized carbons (Fsp3) is 0.500. The molecule has 0 unspecified atom stereocenters. The molecule has 0 amide bonds. The third kappa shape index (κ3) is 3.09. The molecule has 1 saturated heterocycles. The minimum atomic E-state index is 0.112. The third-order valence-corrected chi connectivity index (χ3v) is 5.39. The summed E-state index contributed by atoms with van der Waals surface area (Å²) in [7, 11) is 2.00. The summed E-state index contributed by atoms with van der Waals surface area (Å²) in [6.45, 7) is 6.77. The van der Waals surface area contributed by atoms with Gasteiger partial charge in [-0.15, -0.1) is 0 Å². The van der Waals surface area contributed by atoms with E-state index in [0.29, 0.717) is 5.92 Å². The summed E-state index contributed by atoms with van der Waals surface area (Å²) in [5, 5.41) is 13.8. The second-order valence-electron chi connectivity index (χ2n) is 7.09. The van der Waals surface area contributed by atoms with Crippen LogP contribution in [0.3, 0.4) is 0 Å². The van der Waals surface area contributed by atoms with E-state index in [1.54, 1.807) is 0 Å². The van der Waals surface area contributed by atoms with Gasteiger partial charge in [-0.05, 0) is 51.0 Å². The highest BCUT2D eigenvalue weighted by Gasteiger charge is 2.29. The molecule has 26 heavy (non-hydrogen) atoms. The number of nitrogens with one attached hydrogen (secondary N) is 1. The quantitative estimate of drug-likeness (QED) is 0.760. The minimum absolute atomic E-state index is 0.112. The lowest BCUT2D eigenvalue weighted by molar-refractivity contribution is -0.0288. The molecule has 0 aliphatic carbocycles. The van der Waals surface area contributed by atoms with Crippen LogP contribution in [0.1, 0.15) is 37.3 Å². The van der Waals surface area contributed by atoms with E-state index in [2.05, 4.69) is 53.6 Å². The largest absolute Gasteiger partial charge is 0.385 e. The maximum atomic E-state index is 6.14. The smallest absolute Gasteiger partial charge is 0.104 e. The summed E-state index contributed by atoms with van der Waals surface area (Å²) < 4.78 is 10.1. The molecule has 3 heterocycles. The van der Waals surface area contributed by atoms with Crippen LogP contribution >= 0.6 is 0 Å². The Morgan fingerprint density at radius 2 is 2.19 bits per heavy atom. The van der Waals surface area contributed by atoms with Crippen molar-refractivity contribution in [1.82, 2.24) is 19.6 Å². The Balaban J connectivity index is 1.51. The predicted octanol–water partition coefficient (Wildman–Crippen LogP) is 3.68. The van der Waals surface area contributed by atoms with Gasteiger partial charge in [0.05, 0.1) is 16.9 Å². The molecule has 0 saturated carbocycles. The summed E-state index contributed by atoms with van der Waals surface area (Å²) in [4.78, 5) is 0. The van der Waals surface area contributed by atoms with Crippen molar-refractivity contribution in [3.63, 3.8) is 0 Å². The van der Waals surface area contributed by atoms with Gasteiger partial charge in [-0.3, -0.25) is 9.36 Å². The molecule has 0 spiro atoms. The van der Waals surface area contributed by atoms with Crippen molar-refractivity contribution < 1.29 is 4.74 Å². The molecule has 0 radical (unpaired) electrons. The number of aromatic nitrogens is 4. The van der Waals surface area contributed by atoms with Crippen molar-refractivity contribution in [1.29, 1.82) is 0 Å². The number of nitrogens with zero attached hydrogens (tertiary/aromatic N) is 4. The van der Waals surface area contributed by atoms with Crippen molar-refractivity contribution in [3.8, 4) is 0 Å². The molecule has 1 aromatic carbocycles. The molecule has 138 valence electrons. The van der Waals surface area contributed by atoms with Gasteiger partial charge in [0.15, 0.2) is 0 Å². The van der Waals surface area contributed by atoms with Crippen molar-refractivity contribution >= 4 is 16.6 Å². The number of ether oxygens (including phenoxy) is 1. The van der Waals surface area contributed by atoms with Gasteiger partial charge in [0.25, 0.3) is 0 Å². The van der Waals surface area contributed by atoms with Crippen LogP contribution in [-0.4, -0.2) is 32.7 Å². The Hall–Kier alpha value is -2.34. The average molecular weight is 353 g/mol. The van der Waals surface area contributed by atoms with Crippen molar-refractivity contribution in [3.05, 3.63) is 41.9 Å². The number of hydrogen-bond donors (Lipinski definition) is 1. The lowest BCUT2D eigenvalue weighted by atomic mass is 9.92. The second kappa shape index (κ2) is 7.11. The van der Waals surface area contributed by atoms with Crippen LogP contribution < -0.4 is 5.32 Å². The summed E-state index contributed by atoms with van der Waals surface area (Å²) in [5.41, 5.74) is 4.56. The number of anilines is 1. The Kier molecular flexibility index (Phi) is 4.68. The Labute approximate surface area is 154 Å². The second-order valence-corrected chi connectivity index (χ2v) is 7.09. The molecule has 2 atom stereocenters. The van der Waals surface area contributed by atoms with Crippen molar-refractivity contribution in [2.24, 2.45) is 13.0 Å². The van der Waals surface area contributed by atoms with Crippen LogP contribution in [0.4, 0.5) is 5.69 Å².